The molecular formula is C24H24ClFN6. The Balaban J connectivity index is 1.71. The zero-order valence-corrected chi connectivity index (χ0v) is 18.8. The summed E-state index contributed by atoms with van der Waals surface area (Å²) < 4.78 is 16.4. The number of piperazine rings is 1. The van der Waals surface area contributed by atoms with Crippen LogP contribution in [0.1, 0.15) is 16.7 Å². The molecule has 3 heterocycles. The van der Waals surface area contributed by atoms with Crippen LogP contribution in [0.2, 0.25) is 5.02 Å². The molecular weight excluding hydrogens is 427 g/mol. The van der Waals surface area contributed by atoms with Crippen LogP contribution in [0.3, 0.4) is 0 Å². The number of hydrogen-bond donors (Lipinski definition) is 1. The van der Waals surface area contributed by atoms with Crippen molar-refractivity contribution in [3.8, 4) is 11.1 Å². The van der Waals surface area contributed by atoms with Gasteiger partial charge in [-0.1, -0.05) is 23.7 Å². The fourth-order valence-corrected chi connectivity index (χ4v) is 4.62. The van der Waals surface area contributed by atoms with Crippen molar-refractivity contribution in [3.05, 3.63) is 70.5 Å². The fourth-order valence-electron chi connectivity index (χ4n) is 4.41. The Morgan fingerprint density at radius 2 is 1.72 bits per heavy atom. The molecule has 2 aromatic carbocycles. The van der Waals surface area contributed by atoms with Crippen LogP contribution in [0, 0.1) is 19.7 Å². The molecule has 164 valence electrons. The number of fused-ring (bicyclic) bond motifs is 1. The van der Waals surface area contributed by atoms with Gasteiger partial charge in [-0.15, -0.1) is 0 Å². The van der Waals surface area contributed by atoms with Gasteiger partial charge in [0.1, 0.15) is 12.1 Å². The summed E-state index contributed by atoms with van der Waals surface area (Å²) in [4.78, 5) is 15.7. The topological polar surface area (TPSA) is 58.9 Å². The monoisotopic (exact) mass is 450 g/mol. The second-order valence-corrected chi connectivity index (χ2v) is 8.66. The predicted molar refractivity (Wildman–Crippen MR) is 126 cm³/mol. The molecule has 4 aromatic rings. The van der Waals surface area contributed by atoms with Crippen LogP contribution in [0.5, 0.6) is 0 Å². The van der Waals surface area contributed by atoms with Crippen LogP contribution in [-0.4, -0.2) is 45.7 Å². The van der Waals surface area contributed by atoms with Gasteiger partial charge in [-0.2, -0.15) is 0 Å². The minimum atomic E-state index is -0.152. The summed E-state index contributed by atoms with van der Waals surface area (Å²) in [7, 11) is 0. The third-order valence-corrected chi connectivity index (χ3v) is 6.13. The van der Waals surface area contributed by atoms with Crippen LogP contribution in [0.25, 0.3) is 22.2 Å². The molecule has 6 nitrogen and oxygen atoms in total. The maximum atomic E-state index is 14.2. The molecule has 0 aliphatic carbocycles. The molecule has 32 heavy (non-hydrogen) atoms. The highest BCUT2D eigenvalue weighted by molar-refractivity contribution is 6.31. The zero-order chi connectivity index (χ0) is 22.2. The number of aryl methyl sites for hydroxylation is 2. The summed E-state index contributed by atoms with van der Waals surface area (Å²) in [5, 5.41) is 4.02. The second-order valence-electron chi connectivity index (χ2n) is 8.23. The van der Waals surface area contributed by atoms with Crippen molar-refractivity contribution >= 4 is 28.6 Å². The Bertz CT molecular complexity index is 1260. The van der Waals surface area contributed by atoms with Crippen LogP contribution >= 0.6 is 11.6 Å². The highest BCUT2D eigenvalue weighted by Gasteiger charge is 2.22. The molecule has 8 heteroatoms. The maximum absolute atomic E-state index is 14.2. The minimum absolute atomic E-state index is 0.152. The lowest BCUT2D eigenvalue weighted by Crippen LogP contribution is -2.44. The first-order valence-corrected chi connectivity index (χ1v) is 11.1. The largest absolute Gasteiger partial charge is 0.340 e. The third-order valence-electron chi connectivity index (χ3n) is 5.91. The standard InChI is InChI=1S/C24H24ClFN6/c1-15-7-17(8-16(2)22(15)26)13-32-21-10-19(25)9-20(18-11-28-14-29-12-18)23(21)30-24(32)31-5-3-27-4-6-31/h7-12,14,27H,3-6,13H2,1-2H3. The summed E-state index contributed by atoms with van der Waals surface area (Å²) in [5.41, 5.74) is 5.88. The van der Waals surface area contributed by atoms with Gasteiger partial charge in [-0.3, -0.25) is 0 Å². The molecule has 0 unspecified atom stereocenters. The predicted octanol–water partition coefficient (Wildman–Crippen LogP) is 4.36. The molecule has 0 radical (unpaired) electrons. The van der Waals surface area contributed by atoms with Crippen molar-refractivity contribution in [1.29, 1.82) is 0 Å². The second kappa shape index (κ2) is 8.48. The number of halogens is 2. The molecule has 1 saturated heterocycles. The summed E-state index contributed by atoms with van der Waals surface area (Å²) in [6.07, 6.45) is 5.05. The van der Waals surface area contributed by atoms with E-state index in [0.29, 0.717) is 22.7 Å². The Kier molecular flexibility index (Phi) is 5.53. The first-order chi connectivity index (χ1) is 15.5. The van der Waals surface area contributed by atoms with Crippen LogP contribution in [0.15, 0.2) is 43.0 Å². The highest BCUT2D eigenvalue weighted by Crippen LogP contribution is 2.35. The van der Waals surface area contributed by atoms with Crippen LogP contribution in [0.4, 0.5) is 10.3 Å². The van der Waals surface area contributed by atoms with E-state index in [-0.39, 0.29) is 5.82 Å². The number of hydrogen-bond acceptors (Lipinski definition) is 5. The van der Waals surface area contributed by atoms with E-state index in [0.717, 1.165) is 59.9 Å². The van der Waals surface area contributed by atoms with Crippen molar-refractivity contribution in [2.45, 2.75) is 20.4 Å². The van der Waals surface area contributed by atoms with Gasteiger partial charge in [-0.25, -0.2) is 19.3 Å². The van der Waals surface area contributed by atoms with Gasteiger partial charge >= 0.3 is 0 Å². The number of nitrogens with zero attached hydrogens (tertiary/aromatic N) is 5. The normalized spacial score (nSPS) is 14.3. The van der Waals surface area contributed by atoms with E-state index in [2.05, 4.69) is 24.8 Å². The molecule has 0 spiro atoms. The lowest BCUT2D eigenvalue weighted by molar-refractivity contribution is 0.571. The number of anilines is 1. The first kappa shape index (κ1) is 20.8. The Hall–Kier alpha value is -3.03. The van der Waals surface area contributed by atoms with Crippen LogP contribution < -0.4 is 10.2 Å². The number of imidazole rings is 1. The molecule has 1 aliphatic heterocycles. The van der Waals surface area contributed by atoms with E-state index in [9.17, 15) is 4.39 Å². The Morgan fingerprint density at radius 3 is 2.41 bits per heavy atom. The minimum Gasteiger partial charge on any atom is -0.340 e. The molecule has 1 N–H and O–H groups in total. The SMILES string of the molecule is Cc1cc(Cn2c(N3CCNCC3)nc3c(-c4cncnc4)cc(Cl)cc32)cc(C)c1F. The summed E-state index contributed by atoms with van der Waals surface area (Å²) in [6.45, 7) is 7.71. The number of nitrogens with one attached hydrogen (secondary N) is 1. The lowest BCUT2D eigenvalue weighted by atomic mass is 10.1. The lowest BCUT2D eigenvalue weighted by Gasteiger charge is -2.29. The van der Waals surface area contributed by atoms with Crippen molar-refractivity contribution in [3.63, 3.8) is 0 Å². The highest BCUT2D eigenvalue weighted by atomic mass is 35.5. The van der Waals surface area contributed by atoms with Gasteiger partial charge in [0.05, 0.1) is 17.6 Å². The summed E-state index contributed by atoms with van der Waals surface area (Å²) in [6, 6.07) is 7.68. The molecule has 2 aromatic heterocycles. The van der Waals surface area contributed by atoms with Gasteiger partial charge < -0.3 is 14.8 Å². The van der Waals surface area contributed by atoms with Crippen molar-refractivity contribution in [2.24, 2.45) is 0 Å². The van der Waals surface area contributed by atoms with E-state index in [1.54, 1.807) is 26.2 Å². The van der Waals surface area contributed by atoms with E-state index < -0.39 is 0 Å². The summed E-state index contributed by atoms with van der Waals surface area (Å²) in [5.74, 6) is 0.738. The van der Waals surface area contributed by atoms with Crippen LogP contribution in [-0.2, 0) is 6.54 Å². The number of benzene rings is 2. The molecule has 5 rings (SSSR count). The smallest absolute Gasteiger partial charge is 0.206 e. The summed E-state index contributed by atoms with van der Waals surface area (Å²) >= 11 is 6.56. The fraction of sp³-hybridized carbons (Fsp3) is 0.292. The average Bonchev–Trinajstić information content (AvgIpc) is 3.16. The van der Waals surface area contributed by atoms with E-state index in [1.807, 2.05) is 24.3 Å². The molecule has 0 atom stereocenters. The molecule has 1 aliphatic rings. The van der Waals surface area contributed by atoms with Gasteiger partial charge in [0.15, 0.2) is 0 Å². The quantitative estimate of drug-likeness (QED) is 0.500. The molecule has 0 amide bonds. The van der Waals surface area contributed by atoms with Gasteiger partial charge in [-0.05, 0) is 42.7 Å². The van der Waals surface area contributed by atoms with E-state index in [1.165, 1.54) is 6.33 Å². The van der Waals surface area contributed by atoms with Gasteiger partial charge in [0, 0.05) is 54.7 Å². The van der Waals surface area contributed by atoms with E-state index in [4.69, 9.17) is 16.6 Å². The van der Waals surface area contributed by atoms with Crippen molar-refractivity contribution < 1.29 is 4.39 Å². The Morgan fingerprint density at radius 1 is 1.03 bits per heavy atom. The van der Waals surface area contributed by atoms with Crippen molar-refractivity contribution in [1.82, 2.24) is 24.8 Å². The van der Waals surface area contributed by atoms with E-state index >= 15 is 0 Å². The molecule has 1 fully saturated rings. The van der Waals surface area contributed by atoms with Gasteiger partial charge in [0.2, 0.25) is 5.95 Å². The third kappa shape index (κ3) is 3.82. The number of rotatable bonds is 4. The Labute approximate surface area is 191 Å². The molecule has 0 saturated carbocycles. The zero-order valence-electron chi connectivity index (χ0n) is 18.1. The molecule has 0 bridgehead atoms. The maximum Gasteiger partial charge on any atom is 0.206 e. The number of aromatic nitrogens is 4. The first-order valence-electron chi connectivity index (χ1n) is 10.7. The van der Waals surface area contributed by atoms with Gasteiger partial charge in [0.25, 0.3) is 0 Å². The average molecular weight is 451 g/mol. The van der Waals surface area contributed by atoms with Crippen molar-refractivity contribution in [2.75, 3.05) is 31.1 Å².